The zero-order valence-corrected chi connectivity index (χ0v) is 24.8. The van der Waals surface area contributed by atoms with Crippen LogP contribution in [0.15, 0.2) is 46.6 Å². The molecule has 8 atom stereocenters. The molecule has 40 heavy (non-hydrogen) atoms. The van der Waals surface area contributed by atoms with Gasteiger partial charge in [-0.05, 0) is 68.2 Å². The summed E-state index contributed by atoms with van der Waals surface area (Å²) in [5.74, 6) is -2.43. The molecular weight excluding hydrogens is 555 g/mol. The number of ketones is 2. The standard InChI is InChI=1S/C31H36Cl2O7/c1-5-7-26(36)39-17-25(35)31(40-27(37)23-8-6-13-38-23)18(2)14-22-21-10-9-19-15-20(34)11-12-28(19,3)30(21,33)24(32)16-29(22,31)4/h6,8,11-13,15,18,21-22,24H,5,7,9-10,14,16-17H2,1-4H3/t18?,21?,22?,24?,28?,29?,30-,31-/m0/s1. The van der Waals surface area contributed by atoms with E-state index in [1.54, 1.807) is 18.2 Å². The molecule has 0 aromatic carbocycles. The lowest BCUT2D eigenvalue weighted by Gasteiger charge is -2.64. The van der Waals surface area contributed by atoms with Crippen LogP contribution in [0.2, 0.25) is 0 Å². The number of carbonyl (C=O) groups is 4. The van der Waals surface area contributed by atoms with Crippen LogP contribution in [0.4, 0.5) is 0 Å². The predicted molar refractivity (Wildman–Crippen MR) is 149 cm³/mol. The molecule has 0 bridgehead atoms. The molecule has 7 nitrogen and oxygen atoms in total. The maximum absolute atomic E-state index is 14.2. The number of hydrogen-bond donors (Lipinski definition) is 0. The summed E-state index contributed by atoms with van der Waals surface area (Å²) in [6.07, 6.45) is 9.49. The molecule has 1 aromatic rings. The van der Waals surface area contributed by atoms with Crippen molar-refractivity contribution in [3.05, 3.63) is 48.0 Å². The van der Waals surface area contributed by atoms with Crippen molar-refractivity contribution in [3.8, 4) is 0 Å². The Morgan fingerprint density at radius 1 is 1.20 bits per heavy atom. The number of carbonyl (C=O) groups excluding carboxylic acids is 4. The average Bonchev–Trinajstić information content (AvgIpc) is 3.51. The Bertz CT molecular complexity index is 1280. The summed E-state index contributed by atoms with van der Waals surface area (Å²) in [4.78, 5) is 51.1. The highest BCUT2D eigenvalue weighted by Gasteiger charge is 2.76. The molecular formula is C31H36Cl2O7. The molecule has 216 valence electrons. The highest BCUT2D eigenvalue weighted by Crippen LogP contribution is 2.73. The van der Waals surface area contributed by atoms with E-state index in [0.717, 1.165) is 5.57 Å². The third-order valence-corrected chi connectivity index (χ3v) is 11.9. The molecule has 9 heteroatoms. The monoisotopic (exact) mass is 590 g/mol. The largest absolute Gasteiger partial charge is 0.457 e. The van der Waals surface area contributed by atoms with Crippen molar-refractivity contribution in [2.75, 3.05) is 6.61 Å². The molecule has 0 saturated heterocycles. The molecule has 3 saturated carbocycles. The highest BCUT2D eigenvalue weighted by atomic mass is 35.5. The molecule has 0 radical (unpaired) electrons. The second-order valence-corrected chi connectivity index (χ2v) is 13.4. The van der Waals surface area contributed by atoms with E-state index >= 15 is 0 Å². The van der Waals surface area contributed by atoms with E-state index in [1.807, 2.05) is 33.8 Å². The van der Waals surface area contributed by atoms with Gasteiger partial charge < -0.3 is 13.9 Å². The van der Waals surface area contributed by atoms with E-state index in [0.29, 0.717) is 25.7 Å². The molecule has 1 aromatic heterocycles. The molecule has 0 aliphatic heterocycles. The van der Waals surface area contributed by atoms with Crippen LogP contribution in [0.5, 0.6) is 0 Å². The van der Waals surface area contributed by atoms with E-state index < -0.39 is 56.9 Å². The van der Waals surface area contributed by atoms with Crippen molar-refractivity contribution < 1.29 is 33.1 Å². The lowest BCUT2D eigenvalue weighted by Crippen LogP contribution is -2.68. The Kier molecular flexibility index (Phi) is 7.40. The van der Waals surface area contributed by atoms with Crippen molar-refractivity contribution in [2.45, 2.75) is 82.1 Å². The number of fused-ring (bicyclic) bond motifs is 5. The molecule has 4 aliphatic carbocycles. The molecule has 0 spiro atoms. The summed E-state index contributed by atoms with van der Waals surface area (Å²) >= 11 is 14.9. The summed E-state index contributed by atoms with van der Waals surface area (Å²) in [7, 11) is 0. The average molecular weight is 592 g/mol. The van der Waals surface area contributed by atoms with Crippen molar-refractivity contribution in [3.63, 3.8) is 0 Å². The number of rotatable bonds is 7. The highest BCUT2D eigenvalue weighted by molar-refractivity contribution is 6.34. The van der Waals surface area contributed by atoms with Crippen LogP contribution in [0, 0.1) is 28.6 Å². The fourth-order valence-electron chi connectivity index (χ4n) is 8.45. The third kappa shape index (κ3) is 3.98. The summed E-state index contributed by atoms with van der Waals surface area (Å²) < 4.78 is 16.9. The second kappa shape index (κ2) is 10.2. The molecule has 4 aliphatic rings. The van der Waals surface area contributed by atoms with Crippen LogP contribution in [0.1, 0.15) is 76.8 Å². The van der Waals surface area contributed by atoms with Gasteiger partial charge in [0.25, 0.3) is 0 Å². The molecule has 6 unspecified atom stereocenters. The first-order chi connectivity index (χ1) is 18.8. The number of hydrogen-bond acceptors (Lipinski definition) is 7. The number of Topliss-reactive ketones (excluding diaryl/α,β-unsaturated/α-hetero) is 1. The van der Waals surface area contributed by atoms with Gasteiger partial charge >= 0.3 is 11.9 Å². The maximum Gasteiger partial charge on any atom is 0.375 e. The van der Waals surface area contributed by atoms with Gasteiger partial charge in [0.1, 0.15) is 0 Å². The molecule has 5 rings (SSSR count). The van der Waals surface area contributed by atoms with Gasteiger partial charge in [0, 0.05) is 23.2 Å². The normalized spacial score (nSPS) is 40.0. The van der Waals surface area contributed by atoms with Gasteiger partial charge in [0.15, 0.2) is 18.0 Å². The van der Waals surface area contributed by atoms with Crippen LogP contribution in [0.25, 0.3) is 0 Å². The summed E-state index contributed by atoms with van der Waals surface area (Å²) in [5, 5.41) is -0.616. The van der Waals surface area contributed by atoms with Gasteiger partial charge in [-0.25, -0.2) is 4.79 Å². The Morgan fingerprint density at radius 3 is 2.62 bits per heavy atom. The minimum atomic E-state index is -1.62. The first-order valence-corrected chi connectivity index (χ1v) is 14.9. The van der Waals surface area contributed by atoms with Gasteiger partial charge in [-0.2, -0.15) is 0 Å². The Morgan fingerprint density at radius 2 is 1.95 bits per heavy atom. The van der Waals surface area contributed by atoms with E-state index in [2.05, 4.69) is 0 Å². The summed E-state index contributed by atoms with van der Waals surface area (Å²) in [6, 6.07) is 3.07. The fraction of sp³-hybridized carbons (Fsp3) is 0.613. The maximum atomic E-state index is 14.2. The summed E-state index contributed by atoms with van der Waals surface area (Å²) in [6.45, 7) is 7.25. The van der Waals surface area contributed by atoms with Crippen molar-refractivity contribution >= 4 is 46.7 Å². The van der Waals surface area contributed by atoms with Gasteiger partial charge in [-0.3, -0.25) is 14.4 Å². The molecule has 3 fully saturated rings. The van der Waals surface area contributed by atoms with Gasteiger partial charge in [-0.1, -0.05) is 39.3 Å². The smallest absolute Gasteiger partial charge is 0.375 e. The van der Waals surface area contributed by atoms with Crippen LogP contribution in [-0.4, -0.2) is 46.0 Å². The van der Waals surface area contributed by atoms with Crippen LogP contribution >= 0.6 is 23.2 Å². The number of ether oxygens (including phenoxy) is 2. The number of esters is 2. The zero-order chi connectivity index (χ0) is 29.1. The number of allylic oxidation sites excluding steroid dienone is 4. The Balaban J connectivity index is 1.58. The van der Waals surface area contributed by atoms with E-state index in [4.69, 9.17) is 37.1 Å². The summed E-state index contributed by atoms with van der Waals surface area (Å²) in [5.41, 5.74) is -2.18. The number of furan rings is 1. The molecule has 1 heterocycles. The van der Waals surface area contributed by atoms with Gasteiger partial charge in [-0.15, -0.1) is 23.2 Å². The Labute approximate surface area is 244 Å². The minimum absolute atomic E-state index is 0.0173. The quantitative estimate of drug-likeness (QED) is 0.274. The third-order valence-electron chi connectivity index (χ3n) is 10.3. The van der Waals surface area contributed by atoms with Crippen molar-refractivity contribution in [1.82, 2.24) is 0 Å². The Hall–Kier alpha value is -2.38. The SMILES string of the molecule is CCCC(=O)OCC(=O)[C@@]1(OC(=O)c2ccco2)C(C)CC2C3CCC4=CC(=O)C=CC4(C)[C@@]3(Cl)C(Cl)CC21C. The number of halogens is 2. The predicted octanol–water partition coefficient (Wildman–Crippen LogP) is 6.22. The second-order valence-electron chi connectivity index (χ2n) is 12.3. The minimum Gasteiger partial charge on any atom is -0.457 e. The lowest BCUT2D eigenvalue weighted by atomic mass is 9.46. The van der Waals surface area contributed by atoms with Crippen molar-refractivity contribution in [2.24, 2.45) is 28.6 Å². The fourth-order valence-corrected chi connectivity index (χ4v) is 9.69. The van der Waals surface area contributed by atoms with Crippen LogP contribution < -0.4 is 0 Å². The zero-order valence-electron chi connectivity index (χ0n) is 23.3. The van der Waals surface area contributed by atoms with Gasteiger partial charge in [0.05, 0.1) is 16.5 Å². The van der Waals surface area contributed by atoms with Gasteiger partial charge in [0.2, 0.25) is 11.5 Å². The van der Waals surface area contributed by atoms with Crippen molar-refractivity contribution in [1.29, 1.82) is 0 Å². The molecule has 0 N–H and O–H groups in total. The van der Waals surface area contributed by atoms with E-state index in [-0.39, 0.29) is 36.2 Å². The van der Waals surface area contributed by atoms with Crippen LogP contribution in [0.3, 0.4) is 0 Å². The molecule has 0 amide bonds. The first kappa shape index (κ1) is 29.1. The van der Waals surface area contributed by atoms with Crippen LogP contribution in [-0.2, 0) is 23.9 Å². The van der Waals surface area contributed by atoms with E-state index in [9.17, 15) is 19.2 Å². The van der Waals surface area contributed by atoms with E-state index in [1.165, 1.54) is 12.3 Å². The first-order valence-electron chi connectivity index (χ1n) is 14.1. The topological polar surface area (TPSA) is 99.9 Å². The lowest BCUT2D eigenvalue weighted by molar-refractivity contribution is -0.174. The number of alkyl halides is 2.